The summed E-state index contributed by atoms with van der Waals surface area (Å²) in [5.74, 6) is 1.34. The second kappa shape index (κ2) is 5.08. The Bertz CT molecular complexity index is 491. The standard InChI is InChI=1S/C15H20N2OS/c1-10-11(2)19-8-7-17(10)15(18)13-9-16-14-6-4-3-5-12(13)14/h3-6,10-11,13,16H,7-9H2,1-2H3. The lowest BCUT2D eigenvalue weighted by molar-refractivity contribution is -0.134. The molecule has 3 atom stereocenters. The van der Waals surface area contributed by atoms with Crippen LogP contribution in [0.15, 0.2) is 24.3 Å². The van der Waals surface area contributed by atoms with Gasteiger partial charge in [0.1, 0.15) is 0 Å². The molecule has 0 aliphatic carbocycles. The van der Waals surface area contributed by atoms with E-state index in [1.165, 1.54) is 0 Å². The van der Waals surface area contributed by atoms with E-state index >= 15 is 0 Å². The van der Waals surface area contributed by atoms with Gasteiger partial charge in [-0.05, 0) is 18.6 Å². The van der Waals surface area contributed by atoms with Crippen LogP contribution in [0.2, 0.25) is 0 Å². The normalized spacial score (nSPS) is 29.8. The largest absolute Gasteiger partial charge is 0.384 e. The third kappa shape index (κ3) is 2.22. The molecule has 3 unspecified atom stereocenters. The van der Waals surface area contributed by atoms with Gasteiger partial charge in [0.2, 0.25) is 5.91 Å². The Balaban J connectivity index is 1.82. The number of rotatable bonds is 1. The number of thioether (sulfide) groups is 1. The molecule has 1 saturated heterocycles. The zero-order valence-corrected chi connectivity index (χ0v) is 12.2. The summed E-state index contributed by atoms with van der Waals surface area (Å²) in [6, 6.07) is 8.50. The monoisotopic (exact) mass is 276 g/mol. The van der Waals surface area contributed by atoms with Crippen LogP contribution in [0.1, 0.15) is 25.3 Å². The van der Waals surface area contributed by atoms with Gasteiger partial charge in [-0.3, -0.25) is 4.79 Å². The second-order valence-corrected chi connectivity index (χ2v) is 6.85. The van der Waals surface area contributed by atoms with Crippen LogP contribution in [0, 0.1) is 0 Å². The van der Waals surface area contributed by atoms with Crippen LogP contribution >= 0.6 is 11.8 Å². The summed E-state index contributed by atoms with van der Waals surface area (Å²) < 4.78 is 0. The molecule has 3 rings (SSSR count). The molecule has 0 aromatic heterocycles. The molecule has 1 fully saturated rings. The topological polar surface area (TPSA) is 32.3 Å². The fraction of sp³-hybridized carbons (Fsp3) is 0.533. The Morgan fingerprint density at radius 2 is 2.16 bits per heavy atom. The van der Waals surface area contributed by atoms with Crippen LogP contribution in [0.3, 0.4) is 0 Å². The maximum absolute atomic E-state index is 12.8. The van der Waals surface area contributed by atoms with Gasteiger partial charge in [-0.1, -0.05) is 25.1 Å². The first-order valence-corrected chi connectivity index (χ1v) is 7.98. The number of nitrogens with zero attached hydrogens (tertiary/aromatic N) is 1. The van der Waals surface area contributed by atoms with Crippen molar-refractivity contribution in [1.29, 1.82) is 0 Å². The van der Waals surface area contributed by atoms with Crippen LogP contribution in [-0.4, -0.2) is 40.9 Å². The Morgan fingerprint density at radius 3 is 3.00 bits per heavy atom. The maximum Gasteiger partial charge on any atom is 0.232 e. The predicted octanol–water partition coefficient (Wildman–Crippen LogP) is 2.55. The SMILES string of the molecule is CC1SCCN(C(=O)C2CNc3ccccc32)C1C. The van der Waals surface area contributed by atoms with Crippen LogP contribution in [0.4, 0.5) is 5.69 Å². The maximum atomic E-state index is 12.8. The molecule has 2 heterocycles. The minimum absolute atomic E-state index is 0.00560. The van der Waals surface area contributed by atoms with Crippen molar-refractivity contribution in [1.82, 2.24) is 4.90 Å². The lowest BCUT2D eigenvalue weighted by Gasteiger charge is -2.38. The number of fused-ring (bicyclic) bond motifs is 1. The van der Waals surface area contributed by atoms with Crippen molar-refractivity contribution in [3.8, 4) is 0 Å². The van der Waals surface area contributed by atoms with E-state index < -0.39 is 0 Å². The van der Waals surface area contributed by atoms with Crippen LogP contribution < -0.4 is 5.32 Å². The van der Waals surface area contributed by atoms with E-state index in [0.29, 0.717) is 11.3 Å². The summed E-state index contributed by atoms with van der Waals surface area (Å²) in [7, 11) is 0. The first kappa shape index (κ1) is 12.9. The quantitative estimate of drug-likeness (QED) is 0.855. The van der Waals surface area contributed by atoms with E-state index in [0.717, 1.165) is 30.1 Å². The fourth-order valence-electron chi connectivity index (χ4n) is 2.95. The molecule has 0 spiro atoms. The molecule has 1 N–H and O–H groups in total. The molecule has 4 heteroatoms. The van der Waals surface area contributed by atoms with Crippen molar-refractivity contribution in [2.75, 3.05) is 24.2 Å². The highest BCUT2D eigenvalue weighted by Gasteiger charge is 2.36. The molecule has 0 bridgehead atoms. The van der Waals surface area contributed by atoms with Crippen molar-refractivity contribution < 1.29 is 4.79 Å². The zero-order valence-electron chi connectivity index (χ0n) is 11.4. The van der Waals surface area contributed by atoms with E-state index in [1.54, 1.807) is 0 Å². The number of amides is 1. The molecule has 0 radical (unpaired) electrons. The first-order valence-electron chi connectivity index (χ1n) is 6.93. The molecule has 3 nitrogen and oxygen atoms in total. The van der Waals surface area contributed by atoms with Gasteiger partial charge in [0.15, 0.2) is 0 Å². The highest BCUT2D eigenvalue weighted by atomic mass is 32.2. The number of carbonyl (C=O) groups is 1. The minimum Gasteiger partial charge on any atom is -0.384 e. The summed E-state index contributed by atoms with van der Waals surface area (Å²) in [5, 5.41) is 3.87. The van der Waals surface area contributed by atoms with Gasteiger partial charge in [-0.2, -0.15) is 11.8 Å². The second-order valence-electron chi connectivity index (χ2n) is 5.37. The Morgan fingerprint density at radius 1 is 1.37 bits per heavy atom. The summed E-state index contributed by atoms with van der Waals surface area (Å²) in [6.45, 7) is 6.01. The van der Waals surface area contributed by atoms with Crippen molar-refractivity contribution >= 4 is 23.4 Å². The first-order chi connectivity index (χ1) is 9.18. The third-order valence-corrected chi connectivity index (χ3v) is 5.64. The number of para-hydroxylation sites is 1. The van der Waals surface area contributed by atoms with Crippen LogP contribution in [-0.2, 0) is 4.79 Å². The predicted molar refractivity (Wildman–Crippen MR) is 80.8 cm³/mol. The summed E-state index contributed by atoms with van der Waals surface area (Å²) in [4.78, 5) is 14.9. The molecule has 102 valence electrons. The van der Waals surface area contributed by atoms with Crippen molar-refractivity contribution in [3.63, 3.8) is 0 Å². The molecule has 1 amide bonds. The lowest BCUT2D eigenvalue weighted by atomic mass is 9.98. The van der Waals surface area contributed by atoms with Gasteiger partial charge in [-0.25, -0.2) is 0 Å². The van der Waals surface area contributed by atoms with E-state index in [4.69, 9.17) is 0 Å². The highest BCUT2D eigenvalue weighted by Crippen LogP contribution is 2.34. The van der Waals surface area contributed by atoms with Crippen molar-refractivity contribution in [2.24, 2.45) is 0 Å². The number of carbonyl (C=O) groups excluding carboxylic acids is 1. The van der Waals surface area contributed by atoms with Gasteiger partial charge in [-0.15, -0.1) is 0 Å². The van der Waals surface area contributed by atoms with E-state index in [-0.39, 0.29) is 11.8 Å². The summed E-state index contributed by atoms with van der Waals surface area (Å²) in [6.07, 6.45) is 0. The van der Waals surface area contributed by atoms with Crippen molar-refractivity contribution in [2.45, 2.75) is 31.1 Å². The third-order valence-electron chi connectivity index (χ3n) is 4.30. The number of anilines is 1. The van der Waals surface area contributed by atoms with Gasteiger partial charge in [0.05, 0.1) is 5.92 Å². The Kier molecular flexibility index (Phi) is 3.44. The van der Waals surface area contributed by atoms with Gasteiger partial charge < -0.3 is 10.2 Å². The summed E-state index contributed by atoms with van der Waals surface area (Å²) >= 11 is 1.97. The number of benzene rings is 1. The average molecular weight is 276 g/mol. The van der Waals surface area contributed by atoms with Gasteiger partial charge in [0.25, 0.3) is 0 Å². The molecular weight excluding hydrogens is 256 g/mol. The smallest absolute Gasteiger partial charge is 0.232 e. The van der Waals surface area contributed by atoms with Crippen molar-refractivity contribution in [3.05, 3.63) is 29.8 Å². The molecule has 1 aromatic rings. The molecular formula is C15H20N2OS. The number of nitrogens with one attached hydrogen (secondary N) is 1. The number of hydrogen-bond acceptors (Lipinski definition) is 3. The van der Waals surface area contributed by atoms with Gasteiger partial charge >= 0.3 is 0 Å². The van der Waals surface area contributed by atoms with E-state index in [9.17, 15) is 4.79 Å². The molecule has 2 aliphatic rings. The summed E-state index contributed by atoms with van der Waals surface area (Å²) in [5.41, 5.74) is 2.28. The average Bonchev–Trinajstić information content (AvgIpc) is 2.85. The number of hydrogen-bond donors (Lipinski definition) is 1. The molecule has 1 aromatic carbocycles. The zero-order chi connectivity index (χ0) is 13.4. The molecule has 0 saturated carbocycles. The van der Waals surface area contributed by atoms with Crippen LogP contribution in [0.5, 0.6) is 0 Å². The molecule has 2 aliphatic heterocycles. The minimum atomic E-state index is -0.00560. The Hall–Kier alpha value is -1.16. The van der Waals surface area contributed by atoms with E-state index in [2.05, 4.69) is 36.2 Å². The van der Waals surface area contributed by atoms with Gasteiger partial charge in [0, 0.05) is 35.8 Å². The van der Waals surface area contributed by atoms with Crippen LogP contribution in [0.25, 0.3) is 0 Å². The van der Waals surface area contributed by atoms with E-state index in [1.807, 2.05) is 23.9 Å². The Labute approximate surface area is 118 Å². The molecule has 19 heavy (non-hydrogen) atoms. The fourth-order valence-corrected chi connectivity index (χ4v) is 4.05. The highest BCUT2D eigenvalue weighted by molar-refractivity contribution is 8.00. The lowest BCUT2D eigenvalue weighted by Crippen LogP contribution is -2.49.